The van der Waals surface area contributed by atoms with Gasteiger partial charge in [0.05, 0.1) is 19.0 Å². The van der Waals surface area contributed by atoms with Crippen molar-refractivity contribution in [2.75, 3.05) is 37.0 Å². The molecule has 1 aromatic carbocycles. The van der Waals surface area contributed by atoms with Gasteiger partial charge >= 0.3 is 0 Å². The molecule has 3 rings (SSSR count). The molecule has 1 N–H and O–H groups in total. The van der Waals surface area contributed by atoms with Crippen molar-refractivity contribution in [1.82, 2.24) is 9.97 Å². The summed E-state index contributed by atoms with van der Waals surface area (Å²) < 4.78 is 25.4. The second kappa shape index (κ2) is 7.63. The van der Waals surface area contributed by atoms with E-state index in [0.29, 0.717) is 25.5 Å². The monoisotopic (exact) mass is 333 g/mol. The fraction of sp³-hybridized carbons (Fsp3) is 0.375. The van der Waals surface area contributed by atoms with Gasteiger partial charge < -0.3 is 14.2 Å². The lowest BCUT2D eigenvalue weighted by molar-refractivity contribution is 0.122. The average molecular weight is 333 g/mol. The molecule has 6 nitrogen and oxygen atoms in total. The summed E-state index contributed by atoms with van der Waals surface area (Å²) in [5.41, 5.74) is 1.72. The fourth-order valence-electron chi connectivity index (χ4n) is 2.47. The molecule has 2 aromatic rings. The van der Waals surface area contributed by atoms with Crippen LogP contribution in [0.3, 0.4) is 0 Å². The first-order valence-electron chi connectivity index (χ1n) is 7.56. The third kappa shape index (κ3) is 4.34. The highest BCUT2D eigenvalue weighted by atomic mass is 32.2. The van der Waals surface area contributed by atoms with Crippen LogP contribution in [0, 0.1) is 0 Å². The fourth-order valence-corrected chi connectivity index (χ4v) is 2.86. The molecule has 1 saturated heterocycles. The van der Waals surface area contributed by atoms with Gasteiger partial charge in [0.25, 0.3) is 0 Å². The SMILES string of the molecule is O=S(O)CCc1cc(N2CCOCC2)nc(-c2ccccc2)n1. The smallest absolute Gasteiger partial charge is 0.161 e. The van der Waals surface area contributed by atoms with Gasteiger partial charge in [0, 0.05) is 36.8 Å². The van der Waals surface area contributed by atoms with E-state index >= 15 is 0 Å². The summed E-state index contributed by atoms with van der Waals surface area (Å²) in [5.74, 6) is 1.67. The summed E-state index contributed by atoms with van der Waals surface area (Å²) in [6, 6.07) is 11.7. The van der Waals surface area contributed by atoms with Gasteiger partial charge in [0.15, 0.2) is 16.9 Å². The van der Waals surface area contributed by atoms with E-state index in [2.05, 4.69) is 14.9 Å². The van der Waals surface area contributed by atoms with E-state index in [1.807, 2.05) is 36.4 Å². The Bertz CT molecular complexity index is 676. The summed E-state index contributed by atoms with van der Waals surface area (Å²) >= 11 is -1.82. The van der Waals surface area contributed by atoms with Gasteiger partial charge in [-0.05, 0) is 0 Å². The topological polar surface area (TPSA) is 75.5 Å². The number of ether oxygens (including phenoxy) is 1. The van der Waals surface area contributed by atoms with Crippen LogP contribution in [0.15, 0.2) is 36.4 Å². The van der Waals surface area contributed by atoms with Crippen LogP contribution in [0.1, 0.15) is 5.69 Å². The summed E-state index contributed by atoms with van der Waals surface area (Å²) in [5, 5.41) is 0. The van der Waals surface area contributed by atoms with E-state index in [1.165, 1.54) is 0 Å². The molecule has 0 amide bonds. The molecule has 1 fully saturated rings. The van der Waals surface area contributed by atoms with Crippen LogP contribution >= 0.6 is 0 Å². The lowest BCUT2D eigenvalue weighted by Crippen LogP contribution is -2.37. The van der Waals surface area contributed by atoms with Crippen LogP contribution < -0.4 is 4.90 Å². The van der Waals surface area contributed by atoms with Crippen molar-refractivity contribution in [2.24, 2.45) is 0 Å². The Balaban J connectivity index is 1.94. The highest BCUT2D eigenvalue weighted by Crippen LogP contribution is 2.21. The van der Waals surface area contributed by atoms with E-state index in [1.54, 1.807) is 0 Å². The molecular formula is C16H19N3O3S. The zero-order valence-corrected chi connectivity index (χ0v) is 13.5. The molecule has 2 heterocycles. The predicted molar refractivity (Wildman–Crippen MR) is 89.8 cm³/mol. The molecule has 0 radical (unpaired) electrons. The molecule has 1 aromatic heterocycles. The van der Waals surface area contributed by atoms with Gasteiger partial charge in [-0.25, -0.2) is 14.2 Å². The van der Waals surface area contributed by atoms with Crippen LogP contribution in [-0.2, 0) is 22.2 Å². The maximum absolute atomic E-state index is 11.0. The van der Waals surface area contributed by atoms with E-state index in [4.69, 9.17) is 9.29 Å². The Hall–Kier alpha value is -1.83. The van der Waals surface area contributed by atoms with Gasteiger partial charge in [-0.15, -0.1) is 0 Å². The van der Waals surface area contributed by atoms with Gasteiger partial charge in [0.1, 0.15) is 5.82 Å². The molecule has 0 spiro atoms. The molecule has 1 aliphatic rings. The molecule has 0 bridgehead atoms. The number of nitrogens with zero attached hydrogens (tertiary/aromatic N) is 3. The van der Waals surface area contributed by atoms with Crippen molar-refractivity contribution in [3.05, 3.63) is 42.1 Å². The Labute approximate surface area is 137 Å². The van der Waals surface area contributed by atoms with Crippen molar-refractivity contribution in [3.63, 3.8) is 0 Å². The largest absolute Gasteiger partial charge is 0.378 e. The first-order valence-corrected chi connectivity index (χ1v) is 8.83. The quantitative estimate of drug-likeness (QED) is 0.840. The zero-order valence-electron chi connectivity index (χ0n) is 12.7. The molecule has 1 atom stereocenters. The third-order valence-electron chi connectivity index (χ3n) is 3.67. The van der Waals surface area contributed by atoms with Crippen molar-refractivity contribution in [1.29, 1.82) is 0 Å². The second-order valence-electron chi connectivity index (χ2n) is 5.28. The van der Waals surface area contributed by atoms with E-state index < -0.39 is 11.1 Å². The summed E-state index contributed by atoms with van der Waals surface area (Å²) in [6.07, 6.45) is 0.447. The van der Waals surface area contributed by atoms with Crippen LogP contribution in [0.4, 0.5) is 5.82 Å². The average Bonchev–Trinajstić information content (AvgIpc) is 2.61. The van der Waals surface area contributed by atoms with Gasteiger partial charge in [-0.3, -0.25) is 0 Å². The maximum atomic E-state index is 11.0. The van der Waals surface area contributed by atoms with E-state index in [0.717, 1.165) is 30.2 Å². The zero-order chi connectivity index (χ0) is 16.1. The maximum Gasteiger partial charge on any atom is 0.161 e. The van der Waals surface area contributed by atoms with Gasteiger partial charge in [-0.2, -0.15) is 0 Å². The Morgan fingerprint density at radius 2 is 1.91 bits per heavy atom. The minimum absolute atomic E-state index is 0.174. The number of aromatic nitrogens is 2. The number of benzene rings is 1. The molecule has 1 unspecified atom stereocenters. The second-order valence-corrected chi connectivity index (χ2v) is 6.33. The molecule has 7 heteroatoms. The van der Waals surface area contributed by atoms with Crippen LogP contribution in [-0.4, -0.2) is 50.8 Å². The Kier molecular flexibility index (Phi) is 5.32. The van der Waals surface area contributed by atoms with Crippen LogP contribution in [0.25, 0.3) is 11.4 Å². The lowest BCUT2D eigenvalue weighted by atomic mass is 10.2. The normalized spacial score (nSPS) is 16.3. The third-order valence-corrected chi connectivity index (χ3v) is 4.22. The number of hydrogen-bond donors (Lipinski definition) is 1. The molecule has 0 aliphatic carbocycles. The van der Waals surface area contributed by atoms with Crippen molar-refractivity contribution < 1.29 is 13.5 Å². The van der Waals surface area contributed by atoms with Gasteiger partial charge in [0.2, 0.25) is 0 Å². The highest BCUT2D eigenvalue weighted by molar-refractivity contribution is 7.79. The van der Waals surface area contributed by atoms with Gasteiger partial charge in [-0.1, -0.05) is 30.3 Å². The van der Waals surface area contributed by atoms with E-state index in [-0.39, 0.29) is 5.75 Å². The molecule has 122 valence electrons. The Morgan fingerprint density at radius 3 is 2.61 bits per heavy atom. The molecule has 23 heavy (non-hydrogen) atoms. The lowest BCUT2D eigenvalue weighted by Gasteiger charge is -2.28. The number of anilines is 1. The highest BCUT2D eigenvalue weighted by Gasteiger charge is 2.15. The number of aryl methyl sites for hydroxylation is 1. The van der Waals surface area contributed by atoms with Crippen LogP contribution in [0.2, 0.25) is 0 Å². The minimum atomic E-state index is -1.82. The predicted octanol–water partition coefficient (Wildman–Crippen LogP) is 1.74. The first kappa shape index (κ1) is 16.0. The Morgan fingerprint density at radius 1 is 1.17 bits per heavy atom. The molecule has 1 aliphatic heterocycles. The van der Waals surface area contributed by atoms with E-state index in [9.17, 15) is 4.21 Å². The van der Waals surface area contributed by atoms with Crippen LogP contribution in [0.5, 0.6) is 0 Å². The summed E-state index contributed by atoms with van der Waals surface area (Å²) in [7, 11) is 0. The standard InChI is InChI=1S/C16H19N3O3S/c20-23(21)11-6-14-12-15(19-7-9-22-10-8-19)18-16(17-14)13-4-2-1-3-5-13/h1-5,12H,6-11H2,(H,20,21). The molecular weight excluding hydrogens is 314 g/mol. The number of hydrogen-bond acceptors (Lipinski definition) is 5. The van der Waals surface area contributed by atoms with Crippen molar-refractivity contribution >= 4 is 16.9 Å². The molecule has 0 saturated carbocycles. The van der Waals surface area contributed by atoms with Crippen molar-refractivity contribution in [2.45, 2.75) is 6.42 Å². The number of rotatable bonds is 5. The van der Waals surface area contributed by atoms with Crippen molar-refractivity contribution in [3.8, 4) is 11.4 Å². The summed E-state index contributed by atoms with van der Waals surface area (Å²) in [6.45, 7) is 2.94. The first-order chi connectivity index (χ1) is 11.2. The summed E-state index contributed by atoms with van der Waals surface area (Å²) in [4.78, 5) is 11.4. The number of morpholine rings is 1. The minimum Gasteiger partial charge on any atom is -0.378 e.